The number of rotatable bonds is 4. The lowest BCUT2D eigenvalue weighted by molar-refractivity contribution is 1.14. The van der Waals surface area contributed by atoms with Crippen LogP contribution in [-0.2, 0) is 0 Å². The molecule has 4 nitrogen and oxygen atoms in total. The highest BCUT2D eigenvalue weighted by molar-refractivity contribution is 7.26. The Morgan fingerprint density at radius 1 is 0.436 bits per heavy atom. The molecule has 0 bridgehead atoms. The number of nitriles is 2. The smallest absolute Gasteiger partial charge is 0.0998 e. The molecule has 0 aliphatic carbocycles. The van der Waals surface area contributed by atoms with Crippen molar-refractivity contribution in [1.82, 2.24) is 9.13 Å². The summed E-state index contributed by atoms with van der Waals surface area (Å²) in [6.07, 6.45) is 0. The van der Waals surface area contributed by atoms with Crippen molar-refractivity contribution in [3.63, 3.8) is 0 Å². The first-order valence-electron chi connectivity index (χ1n) is 18.2. The van der Waals surface area contributed by atoms with E-state index < -0.39 is 0 Å². The molecule has 0 saturated carbocycles. The topological polar surface area (TPSA) is 57.4 Å². The predicted molar refractivity (Wildman–Crippen MR) is 228 cm³/mol. The van der Waals surface area contributed by atoms with Gasteiger partial charge in [-0.2, -0.15) is 10.5 Å². The summed E-state index contributed by atoms with van der Waals surface area (Å²) >= 11 is 1.84. The van der Waals surface area contributed by atoms with E-state index in [1.165, 1.54) is 41.7 Å². The normalized spacial score (nSPS) is 11.6. The Hall–Kier alpha value is -7.44. The summed E-state index contributed by atoms with van der Waals surface area (Å²) in [6, 6.07) is 64.0. The summed E-state index contributed by atoms with van der Waals surface area (Å²) in [6.45, 7) is 0. The monoisotopic (exact) mass is 716 g/mol. The third-order valence-electron chi connectivity index (χ3n) is 11.0. The highest BCUT2D eigenvalue weighted by Crippen LogP contribution is 2.45. The molecule has 0 atom stereocenters. The molecule has 0 aliphatic rings. The molecule has 5 heteroatoms. The maximum Gasteiger partial charge on any atom is 0.0998 e. The lowest BCUT2D eigenvalue weighted by Gasteiger charge is -2.18. The predicted octanol–water partition coefficient (Wildman–Crippen LogP) is 13.3. The van der Waals surface area contributed by atoms with Crippen molar-refractivity contribution in [3.05, 3.63) is 181 Å². The van der Waals surface area contributed by atoms with E-state index in [-0.39, 0.29) is 0 Å². The minimum Gasteiger partial charge on any atom is -0.309 e. The first-order valence-corrected chi connectivity index (χ1v) is 19.0. The first-order chi connectivity index (χ1) is 27.2. The van der Waals surface area contributed by atoms with E-state index in [0.29, 0.717) is 16.7 Å². The fourth-order valence-electron chi connectivity index (χ4n) is 8.67. The van der Waals surface area contributed by atoms with Crippen molar-refractivity contribution < 1.29 is 0 Å². The SMILES string of the molecule is N#Cc1cc(-c2ccc(-n3c4ccccc4c4ccccc43)cc2-n2c3ccccc3c3c4sc5ccccc5c4ccc32)cc(C#N)c1-c1ccccc1. The number of nitrogens with zero attached hydrogens (tertiary/aromatic N) is 4. The number of benzene rings is 8. The van der Waals surface area contributed by atoms with Crippen LogP contribution in [0.1, 0.15) is 11.1 Å². The summed E-state index contributed by atoms with van der Waals surface area (Å²) < 4.78 is 7.25. The summed E-state index contributed by atoms with van der Waals surface area (Å²) in [7, 11) is 0. The van der Waals surface area contributed by atoms with Gasteiger partial charge >= 0.3 is 0 Å². The van der Waals surface area contributed by atoms with Gasteiger partial charge in [-0.3, -0.25) is 0 Å². The number of hydrogen-bond acceptors (Lipinski definition) is 3. The van der Waals surface area contributed by atoms with Crippen molar-refractivity contribution in [1.29, 1.82) is 10.5 Å². The van der Waals surface area contributed by atoms with Crippen LogP contribution in [0.25, 0.3) is 97.4 Å². The molecule has 55 heavy (non-hydrogen) atoms. The fourth-order valence-corrected chi connectivity index (χ4v) is 9.93. The van der Waals surface area contributed by atoms with Crippen molar-refractivity contribution >= 4 is 75.1 Å². The maximum absolute atomic E-state index is 10.6. The van der Waals surface area contributed by atoms with Crippen LogP contribution in [0, 0.1) is 22.7 Å². The van der Waals surface area contributed by atoms with Gasteiger partial charge in [0.05, 0.1) is 51.0 Å². The third-order valence-corrected chi connectivity index (χ3v) is 12.2. The summed E-state index contributed by atoms with van der Waals surface area (Å²) in [5.74, 6) is 0. The zero-order chi connectivity index (χ0) is 36.6. The van der Waals surface area contributed by atoms with E-state index in [4.69, 9.17) is 0 Å². The van der Waals surface area contributed by atoms with Crippen LogP contribution in [0.5, 0.6) is 0 Å². The Bertz CT molecular complexity index is 3370. The Balaban J connectivity index is 1.27. The van der Waals surface area contributed by atoms with Crippen molar-refractivity contribution in [2.45, 2.75) is 0 Å². The number of aromatic nitrogens is 2. The zero-order valence-electron chi connectivity index (χ0n) is 29.4. The molecule has 11 rings (SSSR count). The van der Waals surface area contributed by atoms with Gasteiger partial charge in [0.15, 0.2) is 0 Å². The van der Waals surface area contributed by atoms with Crippen LogP contribution in [0.15, 0.2) is 170 Å². The van der Waals surface area contributed by atoms with Gasteiger partial charge in [-0.1, -0.05) is 115 Å². The molecule has 0 amide bonds. The minimum absolute atomic E-state index is 0.465. The second-order valence-electron chi connectivity index (χ2n) is 13.9. The molecule has 8 aromatic carbocycles. The van der Waals surface area contributed by atoms with Gasteiger partial charge in [-0.15, -0.1) is 11.3 Å². The Kier molecular flexibility index (Phi) is 6.82. The summed E-state index contributed by atoms with van der Waals surface area (Å²) in [5.41, 5.74) is 10.6. The molecular formula is C50H28N4S. The highest BCUT2D eigenvalue weighted by Gasteiger charge is 2.22. The van der Waals surface area contributed by atoms with Crippen molar-refractivity contribution in [2.24, 2.45) is 0 Å². The van der Waals surface area contributed by atoms with E-state index in [9.17, 15) is 10.5 Å². The van der Waals surface area contributed by atoms with E-state index >= 15 is 0 Å². The number of para-hydroxylation sites is 3. The molecule has 0 fully saturated rings. The van der Waals surface area contributed by atoms with Gasteiger partial charge in [-0.25, -0.2) is 0 Å². The van der Waals surface area contributed by atoms with Crippen LogP contribution >= 0.6 is 11.3 Å². The molecule has 0 saturated heterocycles. The summed E-state index contributed by atoms with van der Waals surface area (Å²) in [5, 5.41) is 28.5. The quantitative estimate of drug-likeness (QED) is 0.182. The van der Waals surface area contributed by atoms with Crippen LogP contribution in [0.4, 0.5) is 0 Å². The lowest BCUT2D eigenvalue weighted by atomic mass is 9.90. The molecule has 3 aromatic heterocycles. The van der Waals surface area contributed by atoms with Gasteiger partial charge in [-0.05, 0) is 65.7 Å². The van der Waals surface area contributed by atoms with Gasteiger partial charge in [0.25, 0.3) is 0 Å². The highest BCUT2D eigenvalue weighted by atomic mass is 32.1. The number of fused-ring (bicyclic) bond motifs is 10. The Labute approximate surface area is 320 Å². The van der Waals surface area contributed by atoms with Crippen LogP contribution in [-0.4, -0.2) is 9.13 Å². The van der Waals surface area contributed by atoms with Gasteiger partial charge in [0.1, 0.15) is 0 Å². The minimum atomic E-state index is 0.465. The fraction of sp³-hybridized carbons (Fsp3) is 0. The van der Waals surface area contributed by atoms with Crippen LogP contribution in [0.2, 0.25) is 0 Å². The molecule has 0 unspecified atom stereocenters. The molecule has 11 aromatic rings. The van der Waals surface area contributed by atoms with Crippen LogP contribution in [0.3, 0.4) is 0 Å². The lowest BCUT2D eigenvalue weighted by Crippen LogP contribution is -2.02. The van der Waals surface area contributed by atoms with Crippen molar-refractivity contribution in [2.75, 3.05) is 0 Å². The van der Waals surface area contributed by atoms with E-state index in [0.717, 1.165) is 50.1 Å². The first kappa shape index (κ1) is 31.1. The zero-order valence-corrected chi connectivity index (χ0v) is 30.2. The molecule has 254 valence electrons. The van der Waals surface area contributed by atoms with E-state index in [1.54, 1.807) is 0 Å². The number of hydrogen-bond donors (Lipinski definition) is 0. The largest absolute Gasteiger partial charge is 0.309 e. The average Bonchev–Trinajstić information content (AvgIpc) is 3.91. The second-order valence-corrected chi connectivity index (χ2v) is 14.9. The molecule has 0 N–H and O–H groups in total. The maximum atomic E-state index is 10.6. The average molecular weight is 717 g/mol. The van der Waals surface area contributed by atoms with E-state index in [1.807, 2.05) is 53.8 Å². The Morgan fingerprint density at radius 2 is 1.02 bits per heavy atom. The standard InChI is InChI=1S/C50H28N4S/c51-29-33-26-32(27-34(30-52)48(33)31-12-2-1-3-13-31)36-23-22-35(53-42-18-8-4-14-37(42)38-15-5-9-19-43(38)53)28-46(36)54-44-20-10-6-17-41(44)49-45(54)25-24-40-39-16-7-11-21-47(39)55-50(40)49/h1-28H. The molecule has 3 heterocycles. The molecule has 0 radical (unpaired) electrons. The van der Waals surface area contributed by atoms with Gasteiger partial charge < -0.3 is 9.13 Å². The van der Waals surface area contributed by atoms with E-state index in [2.05, 4.69) is 149 Å². The van der Waals surface area contributed by atoms with Crippen molar-refractivity contribution in [3.8, 4) is 45.8 Å². The Morgan fingerprint density at radius 3 is 1.69 bits per heavy atom. The van der Waals surface area contributed by atoms with Crippen LogP contribution < -0.4 is 0 Å². The third kappa shape index (κ3) is 4.55. The molecular weight excluding hydrogens is 689 g/mol. The molecule has 0 aliphatic heterocycles. The number of thiophene rings is 1. The molecule has 0 spiro atoms. The second kappa shape index (κ2) is 12.0. The van der Waals surface area contributed by atoms with Gasteiger partial charge in [0, 0.05) is 58.5 Å². The van der Waals surface area contributed by atoms with Gasteiger partial charge in [0.2, 0.25) is 0 Å². The summed E-state index contributed by atoms with van der Waals surface area (Å²) in [4.78, 5) is 0.